The fourth-order valence-electron chi connectivity index (χ4n) is 2.71. The van der Waals surface area contributed by atoms with E-state index >= 15 is 0 Å². The predicted octanol–water partition coefficient (Wildman–Crippen LogP) is 3.09. The van der Waals surface area contributed by atoms with Gasteiger partial charge in [-0.15, -0.1) is 0 Å². The molecule has 3 rings (SSSR count). The third-order valence-corrected chi connectivity index (χ3v) is 3.82. The van der Waals surface area contributed by atoms with Crippen molar-refractivity contribution in [3.8, 4) is 0 Å². The number of benzene rings is 1. The molecule has 2 aromatic rings. The van der Waals surface area contributed by atoms with Crippen molar-refractivity contribution in [1.29, 1.82) is 0 Å². The lowest BCUT2D eigenvalue weighted by Crippen LogP contribution is -2.34. The molecule has 1 aromatic carbocycles. The van der Waals surface area contributed by atoms with Crippen LogP contribution in [0, 0.1) is 0 Å². The molecule has 0 atom stereocenters. The standard InChI is InChI=1S/C17H19N3O/c21-17(20-13-6-2-1-3-7-13)11-10-14-12-18-15-8-4-5-9-16(15)19-14/h4-5,8-13H,1-3,6-7H2,(H,20,21)/b11-10+. The zero-order chi connectivity index (χ0) is 14.5. The molecule has 1 aliphatic carbocycles. The molecule has 1 saturated carbocycles. The number of hydrogen-bond donors (Lipinski definition) is 1. The van der Waals surface area contributed by atoms with E-state index in [1.165, 1.54) is 19.3 Å². The molecule has 1 heterocycles. The third kappa shape index (κ3) is 3.66. The average Bonchev–Trinajstić information content (AvgIpc) is 2.54. The van der Waals surface area contributed by atoms with Crippen LogP contribution in [0.5, 0.6) is 0 Å². The minimum atomic E-state index is -0.0446. The van der Waals surface area contributed by atoms with Crippen LogP contribution in [0.15, 0.2) is 36.5 Å². The fourth-order valence-corrected chi connectivity index (χ4v) is 2.71. The van der Waals surface area contributed by atoms with Crippen molar-refractivity contribution in [3.05, 3.63) is 42.2 Å². The summed E-state index contributed by atoms with van der Waals surface area (Å²) in [6, 6.07) is 8.04. The minimum absolute atomic E-state index is 0.0446. The summed E-state index contributed by atoms with van der Waals surface area (Å²) in [5.41, 5.74) is 2.40. The van der Waals surface area contributed by atoms with E-state index in [-0.39, 0.29) is 5.91 Å². The first-order chi connectivity index (χ1) is 10.3. The Labute approximate surface area is 124 Å². The second kappa shape index (κ2) is 6.48. The molecular weight excluding hydrogens is 262 g/mol. The molecule has 0 radical (unpaired) electrons. The summed E-state index contributed by atoms with van der Waals surface area (Å²) in [6.45, 7) is 0. The van der Waals surface area contributed by atoms with Crippen molar-refractivity contribution >= 4 is 23.0 Å². The fraction of sp³-hybridized carbons (Fsp3) is 0.353. The molecule has 1 N–H and O–H groups in total. The van der Waals surface area contributed by atoms with Crippen molar-refractivity contribution in [2.45, 2.75) is 38.1 Å². The maximum Gasteiger partial charge on any atom is 0.244 e. The third-order valence-electron chi connectivity index (χ3n) is 3.82. The van der Waals surface area contributed by atoms with E-state index in [4.69, 9.17) is 0 Å². The van der Waals surface area contributed by atoms with E-state index in [1.54, 1.807) is 18.3 Å². The molecule has 0 spiro atoms. The van der Waals surface area contributed by atoms with Crippen LogP contribution in [0.4, 0.5) is 0 Å². The predicted molar refractivity (Wildman–Crippen MR) is 83.6 cm³/mol. The van der Waals surface area contributed by atoms with Gasteiger partial charge < -0.3 is 5.32 Å². The molecule has 1 amide bonds. The highest BCUT2D eigenvalue weighted by molar-refractivity contribution is 5.91. The van der Waals surface area contributed by atoms with E-state index in [0.717, 1.165) is 23.9 Å². The van der Waals surface area contributed by atoms with Crippen LogP contribution in [-0.4, -0.2) is 21.9 Å². The van der Waals surface area contributed by atoms with E-state index in [9.17, 15) is 4.79 Å². The Morgan fingerprint density at radius 2 is 1.90 bits per heavy atom. The van der Waals surface area contributed by atoms with Crippen molar-refractivity contribution in [2.24, 2.45) is 0 Å². The normalized spacial score (nSPS) is 16.4. The number of amides is 1. The molecular formula is C17H19N3O. The quantitative estimate of drug-likeness (QED) is 0.880. The van der Waals surface area contributed by atoms with Gasteiger partial charge in [-0.25, -0.2) is 4.98 Å². The van der Waals surface area contributed by atoms with Crippen LogP contribution in [0.2, 0.25) is 0 Å². The molecule has 0 unspecified atom stereocenters. The Kier molecular flexibility index (Phi) is 4.24. The number of para-hydroxylation sites is 2. The highest BCUT2D eigenvalue weighted by Gasteiger charge is 2.14. The number of rotatable bonds is 3. The molecule has 21 heavy (non-hydrogen) atoms. The van der Waals surface area contributed by atoms with E-state index in [2.05, 4.69) is 15.3 Å². The summed E-state index contributed by atoms with van der Waals surface area (Å²) >= 11 is 0. The zero-order valence-corrected chi connectivity index (χ0v) is 12.0. The number of nitrogens with zero attached hydrogens (tertiary/aromatic N) is 2. The van der Waals surface area contributed by atoms with Gasteiger partial charge >= 0.3 is 0 Å². The summed E-state index contributed by atoms with van der Waals surface area (Å²) in [5, 5.41) is 3.05. The average molecular weight is 281 g/mol. The van der Waals surface area contributed by atoms with E-state index < -0.39 is 0 Å². The number of carbonyl (C=O) groups is 1. The largest absolute Gasteiger partial charge is 0.350 e. The van der Waals surface area contributed by atoms with Crippen molar-refractivity contribution in [2.75, 3.05) is 0 Å². The van der Waals surface area contributed by atoms with Crippen LogP contribution in [0.1, 0.15) is 37.8 Å². The van der Waals surface area contributed by atoms with Crippen LogP contribution in [0.25, 0.3) is 17.1 Å². The van der Waals surface area contributed by atoms with Gasteiger partial charge in [0.2, 0.25) is 5.91 Å². The maximum absolute atomic E-state index is 11.9. The Morgan fingerprint density at radius 1 is 1.14 bits per heavy atom. The molecule has 1 aromatic heterocycles. The molecule has 4 nitrogen and oxygen atoms in total. The number of aromatic nitrogens is 2. The van der Waals surface area contributed by atoms with Gasteiger partial charge in [0, 0.05) is 12.1 Å². The van der Waals surface area contributed by atoms with Crippen LogP contribution >= 0.6 is 0 Å². The van der Waals surface area contributed by atoms with Gasteiger partial charge in [0.15, 0.2) is 0 Å². The summed E-state index contributed by atoms with van der Waals surface area (Å²) in [7, 11) is 0. The molecule has 4 heteroatoms. The van der Waals surface area contributed by atoms with Crippen molar-refractivity contribution in [3.63, 3.8) is 0 Å². The molecule has 0 bridgehead atoms. The minimum Gasteiger partial charge on any atom is -0.350 e. The van der Waals surface area contributed by atoms with Crippen LogP contribution in [0.3, 0.4) is 0 Å². The van der Waals surface area contributed by atoms with Gasteiger partial charge in [0.1, 0.15) is 0 Å². The van der Waals surface area contributed by atoms with Crippen molar-refractivity contribution in [1.82, 2.24) is 15.3 Å². The Hall–Kier alpha value is -2.23. The van der Waals surface area contributed by atoms with Crippen LogP contribution in [-0.2, 0) is 4.79 Å². The second-order valence-corrected chi connectivity index (χ2v) is 5.46. The van der Waals surface area contributed by atoms with E-state index in [1.807, 2.05) is 24.3 Å². The van der Waals surface area contributed by atoms with Gasteiger partial charge in [-0.1, -0.05) is 31.4 Å². The highest BCUT2D eigenvalue weighted by atomic mass is 16.1. The summed E-state index contributed by atoms with van der Waals surface area (Å²) in [5.74, 6) is -0.0446. The van der Waals surface area contributed by atoms with Gasteiger partial charge in [0.25, 0.3) is 0 Å². The smallest absolute Gasteiger partial charge is 0.244 e. The van der Waals surface area contributed by atoms with Gasteiger partial charge in [-0.3, -0.25) is 9.78 Å². The topological polar surface area (TPSA) is 54.9 Å². The molecule has 1 aliphatic rings. The SMILES string of the molecule is O=C(/C=C/c1cnc2ccccc2n1)NC1CCCCC1. The van der Waals surface area contributed by atoms with Gasteiger partial charge in [0.05, 0.1) is 22.9 Å². The summed E-state index contributed by atoms with van der Waals surface area (Å²) in [4.78, 5) is 20.7. The summed E-state index contributed by atoms with van der Waals surface area (Å²) in [6.07, 6.45) is 10.9. The second-order valence-electron chi connectivity index (χ2n) is 5.46. The molecule has 0 saturated heterocycles. The summed E-state index contributed by atoms with van der Waals surface area (Å²) < 4.78 is 0. The lowest BCUT2D eigenvalue weighted by Gasteiger charge is -2.21. The molecule has 0 aliphatic heterocycles. The highest BCUT2D eigenvalue weighted by Crippen LogP contribution is 2.17. The monoisotopic (exact) mass is 281 g/mol. The number of hydrogen-bond acceptors (Lipinski definition) is 3. The first-order valence-electron chi connectivity index (χ1n) is 7.52. The van der Waals surface area contributed by atoms with Gasteiger partial charge in [-0.05, 0) is 31.1 Å². The van der Waals surface area contributed by atoms with Crippen LogP contribution < -0.4 is 5.32 Å². The maximum atomic E-state index is 11.9. The first-order valence-corrected chi connectivity index (χ1v) is 7.52. The van der Waals surface area contributed by atoms with E-state index in [0.29, 0.717) is 11.7 Å². The number of fused-ring (bicyclic) bond motifs is 1. The molecule has 1 fully saturated rings. The molecule has 108 valence electrons. The zero-order valence-electron chi connectivity index (χ0n) is 12.0. The first kappa shape index (κ1) is 13.7. The van der Waals surface area contributed by atoms with Gasteiger partial charge in [-0.2, -0.15) is 0 Å². The number of carbonyl (C=O) groups excluding carboxylic acids is 1. The van der Waals surface area contributed by atoms with Crippen molar-refractivity contribution < 1.29 is 4.79 Å². The Morgan fingerprint density at radius 3 is 2.71 bits per heavy atom. The Bertz CT molecular complexity index is 660. The lowest BCUT2D eigenvalue weighted by molar-refractivity contribution is -0.117. The lowest BCUT2D eigenvalue weighted by atomic mass is 9.95. The number of nitrogens with one attached hydrogen (secondary N) is 1. The Balaban J connectivity index is 1.64.